The highest BCUT2D eigenvalue weighted by molar-refractivity contribution is 5.81. The number of pyridine rings is 1. The lowest BCUT2D eigenvalue weighted by molar-refractivity contribution is -0.127. The Kier molecular flexibility index (Phi) is 5.19. The Morgan fingerprint density at radius 2 is 2.16 bits per heavy atom. The molecule has 31 heavy (non-hydrogen) atoms. The van der Waals surface area contributed by atoms with E-state index in [4.69, 9.17) is 4.42 Å². The van der Waals surface area contributed by atoms with Gasteiger partial charge in [-0.25, -0.2) is 4.98 Å². The Hall–Kier alpha value is -3.20. The fourth-order valence-electron chi connectivity index (χ4n) is 5.07. The van der Waals surface area contributed by atoms with Crippen LogP contribution < -0.4 is 10.9 Å². The van der Waals surface area contributed by atoms with Crippen molar-refractivity contribution in [1.29, 1.82) is 0 Å². The Labute approximate surface area is 179 Å². The van der Waals surface area contributed by atoms with Gasteiger partial charge < -0.3 is 9.73 Å². The monoisotopic (exact) mass is 422 g/mol. The zero-order chi connectivity index (χ0) is 21.4. The molecule has 1 N–H and O–H groups in total. The summed E-state index contributed by atoms with van der Waals surface area (Å²) in [6.45, 7) is 2.75. The van der Waals surface area contributed by atoms with Crippen LogP contribution in [0.4, 0.5) is 0 Å². The van der Waals surface area contributed by atoms with Crippen molar-refractivity contribution in [2.75, 3.05) is 19.6 Å². The molecule has 3 atom stereocenters. The number of aryl methyl sites for hydroxylation is 1. The van der Waals surface area contributed by atoms with Gasteiger partial charge in [-0.05, 0) is 24.6 Å². The van der Waals surface area contributed by atoms with E-state index in [2.05, 4.69) is 20.3 Å². The summed E-state index contributed by atoms with van der Waals surface area (Å²) in [6, 6.07) is 8.67. The van der Waals surface area contributed by atoms with Crippen molar-refractivity contribution < 1.29 is 9.21 Å². The molecule has 5 rings (SSSR count). The predicted octanol–water partition coefficient (Wildman–Crippen LogP) is 1.09. The van der Waals surface area contributed by atoms with Crippen molar-refractivity contribution in [2.24, 2.45) is 13.0 Å². The van der Waals surface area contributed by atoms with Crippen LogP contribution in [0.3, 0.4) is 0 Å². The number of hydrogen-bond donors (Lipinski definition) is 1. The van der Waals surface area contributed by atoms with Gasteiger partial charge in [-0.2, -0.15) is 5.10 Å². The molecule has 5 heterocycles. The lowest BCUT2D eigenvalue weighted by atomic mass is 9.78. The van der Waals surface area contributed by atoms with Crippen molar-refractivity contribution in [3.8, 4) is 0 Å². The summed E-state index contributed by atoms with van der Waals surface area (Å²) in [7, 11) is 1.83. The number of nitrogens with one attached hydrogen (secondary N) is 1. The molecule has 162 valence electrons. The molecule has 0 aliphatic carbocycles. The van der Waals surface area contributed by atoms with Crippen LogP contribution in [0.25, 0.3) is 0 Å². The summed E-state index contributed by atoms with van der Waals surface area (Å²) in [4.78, 5) is 32.6. The Balaban J connectivity index is 1.37. The summed E-state index contributed by atoms with van der Waals surface area (Å²) in [6.07, 6.45) is 4.68. The van der Waals surface area contributed by atoms with E-state index in [1.165, 1.54) is 6.33 Å². The molecule has 1 amide bonds. The second-order valence-electron chi connectivity index (χ2n) is 8.41. The van der Waals surface area contributed by atoms with Crippen LogP contribution in [0.1, 0.15) is 35.7 Å². The molecular formula is C22H26N6O3. The SMILES string of the molecule is Cn1ncnc1CCNC(=O)[C@H]1[C@@H]2C[C@@H](CN(Cc3ccco3)C2)c2cccc(=O)n21. The van der Waals surface area contributed by atoms with Crippen LogP contribution in [0.15, 0.2) is 52.1 Å². The maximum Gasteiger partial charge on any atom is 0.251 e. The minimum atomic E-state index is -0.515. The fraction of sp³-hybridized carbons (Fsp3) is 0.455. The van der Waals surface area contributed by atoms with Gasteiger partial charge in [-0.15, -0.1) is 0 Å². The molecular weight excluding hydrogens is 396 g/mol. The fourth-order valence-corrected chi connectivity index (χ4v) is 5.07. The van der Waals surface area contributed by atoms with Crippen LogP contribution in [0.2, 0.25) is 0 Å². The molecule has 1 fully saturated rings. The zero-order valence-corrected chi connectivity index (χ0v) is 17.5. The lowest BCUT2D eigenvalue weighted by Crippen LogP contribution is -2.53. The van der Waals surface area contributed by atoms with E-state index in [0.29, 0.717) is 19.5 Å². The van der Waals surface area contributed by atoms with Gasteiger partial charge in [-0.1, -0.05) is 6.07 Å². The van der Waals surface area contributed by atoms with E-state index >= 15 is 0 Å². The maximum atomic E-state index is 13.3. The molecule has 2 aliphatic heterocycles. The first-order chi connectivity index (χ1) is 15.1. The molecule has 0 spiro atoms. The maximum absolute atomic E-state index is 13.3. The van der Waals surface area contributed by atoms with Gasteiger partial charge in [0.05, 0.1) is 12.8 Å². The average Bonchev–Trinajstić information content (AvgIpc) is 3.41. The van der Waals surface area contributed by atoms with E-state index in [9.17, 15) is 9.59 Å². The third-order valence-electron chi connectivity index (χ3n) is 6.40. The number of rotatable bonds is 6. The van der Waals surface area contributed by atoms with Gasteiger partial charge in [0.1, 0.15) is 24.0 Å². The zero-order valence-electron chi connectivity index (χ0n) is 17.5. The Morgan fingerprint density at radius 1 is 1.26 bits per heavy atom. The Bertz CT molecular complexity index is 1120. The van der Waals surface area contributed by atoms with E-state index in [-0.39, 0.29) is 23.3 Å². The highest BCUT2D eigenvalue weighted by Crippen LogP contribution is 2.41. The van der Waals surface area contributed by atoms with Crippen LogP contribution >= 0.6 is 0 Å². The number of fused-ring (bicyclic) bond motifs is 4. The van der Waals surface area contributed by atoms with Crippen LogP contribution in [0.5, 0.6) is 0 Å². The molecule has 0 radical (unpaired) electrons. The van der Waals surface area contributed by atoms with Crippen molar-refractivity contribution >= 4 is 5.91 Å². The quantitative estimate of drug-likeness (QED) is 0.639. The third kappa shape index (κ3) is 3.81. The second-order valence-corrected chi connectivity index (χ2v) is 8.41. The standard InChI is InChI=1S/C22H26N6O3/c1-26-19(24-14-25-26)7-8-23-22(30)21-16-10-15(18-5-2-6-20(29)28(18)21)11-27(12-16)13-17-4-3-9-31-17/h2-6,9,14-16,21H,7-8,10-13H2,1H3,(H,23,30)/t15-,16+,21+/m0/s1. The molecule has 1 saturated heterocycles. The van der Waals surface area contributed by atoms with Crippen LogP contribution in [-0.2, 0) is 24.8 Å². The van der Waals surface area contributed by atoms with Crippen LogP contribution in [-0.4, -0.2) is 49.8 Å². The molecule has 0 unspecified atom stereocenters. The third-order valence-corrected chi connectivity index (χ3v) is 6.40. The molecule has 3 aromatic rings. The molecule has 2 aliphatic rings. The molecule has 9 nitrogen and oxygen atoms in total. The van der Waals surface area contributed by atoms with Crippen molar-refractivity contribution in [1.82, 2.24) is 29.5 Å². The van der Waals surface area contributed by atoms with E-state index in [0.717, 1.165) is 36.8 Å². The van der Waals surface area contributed by atoms with Crippen LogP contribution in [0, 0.1) is 5.92 Å². The summed E-state index contributed by atoms with van der Waals surface area (Å²) in [5.41, 5.74) is 0.835. The average molecular weight is 422 g/mol. The molecule has 2 bridgehead atoms. The smallest absolute Gasteiger partial charge is 0.251 e. The van der Waals surface area contributed by atoms with E-state index in [1.807, 2.05) is 25.2 Å². The highest BCUT2D eigenvalue weighted by atomic mass is 16.3. The van der Waals surface area contributed by atoms with Gasteiger partial charge in [-0.3, -0.25) is 23.7 Å². The molecule has 9 heteroatoms. The van der Waals surface area contributed by atoms with Gasteiger partial charge in [0.15, 0.2) is 0 Å². The number of hydrogen-bond acceptors (Lipinski definition) is 6. The molecule has 3 aromatic heterocycles. The Morgan fingerprint density at radius 3 is 2.94 bits per heavy atom. The first kappa shape index (κ1) is 19.7. The summed E-state index contributed by atoms with van der Waals surface area (Å²) < 4.78 is 8.95. The number of amides is 1. The number of aromatic nitrogens is 4. The first-order valence-electron chi connectivity index (χ1n) is 10.7. The summed E-state index contributed by atoms with van der Waals surface area (Å²) in [5, 5.41) is 7.09. The van der Waals surface area contributed by atoms with E-state index in [1.54, 1.807) is 27.6 Å². The summed E-state index contributed by atoms with van der Waals surface area (Å²) in [5.74, 6) is 1.90. The van der Waals surface area contributed by atoms with E-state index < -0.39 is 6.04 Å². The van der Waals surface area contributed by atoms with Crippen molar-refractivity contribution in [3.63, 3.8) is 0 Å². The number of furan rings is 1. The minimum Gasteiger partial charge on any atom is -0.468 e. The number of nitrogens with zero attached hydrogens (tertiary/aromatic N) is 5. The highest BCUT2D eigenvalue weighted by Gasteiger charge is 2.43. The van der Waals surface area contributed by atoms with Gasteiger partial charge in [0.2, 0.25) is 5.91 Å². The number of carbonyl (C=O) groups excluding carboxylic acids is 1. The van der Waals surface area contributed by atoms with Crippen molar-refractivity contribution in [2.45, 2.75) is 31.3 Å². The number of likely N-dealkylation sites (tertiary alicyclic amines) is 1. The van der Waals surface area contributed by atoms with Gasteiger partial charge in [0.25, 0.3) is 5.56 Å². The number of carbonyl (C=O) groups is 1. The topological polar surface area (TPSA) is 98.2 Å². The summed E-state index contributed by atoms with van der Waals surface area (Å²) >= 11 is 0. The first-order valence-corrected chi connectivity index (χ1v) is 10.7. The second kappa shape index (κ2) is 8.14. The normalized spacial score (nSPS) is 22.8. The largest absolute Gasteiger partial charge is 0.468 e. The van der Waals surface area contributed by atoms with Crippen molar-refractivity contribution in [3.05, 3.63) is 70.6 Å². The molecule has 0 aromatic carbocycles. The van der Waals surface area contributed by atoms with Gasteiger partial charge in [0, 0.05) is 56.7 Å². The number of piperidine rings is 1. The molecule has 0 saturated carbocycles. The minimum absolute atomic E-state index is 0.0659. The predicted molar refractivity (Wildman–Crippen MR) is 112 cm³/mol. The van der Waals surface area contributed by atoms with Gasteiger partial charge >= 0.3 is 0 Å². The lowest BCUT2D eigenvalue weighted by Gasteiger charge is -2.46.